The highest BCUT2D eigenvalue weighted by molar-refractivity contribution is 7.89. The number of hydrazine groups is 1. The van der Waals surface area contributed by atoms with E-state index in [9.17, 15) is 8.42 Å². The average Bonchev–Trinajstić information content (AvgIpc) is 3.00. The number of furan rings is 1. The molecule has 0 spiro atoms. The minimum absolute atomic E-state index is 0.116. The fourth-order valence-corrected chi connectivity index (χ4v) is 2.45. The van der Waals surface area contributed by atoms with Gasteiger partial charge in [-0.25, -0.2) is 8.42 Å². The smallest absolute Gasteiger partial charge is 0.257 e. The normalized spacial score (nSPS) is 11.1. The summed E-state index contributed by atoms with van der Waals surface area (Å²) in [6.45, 7) is 6.06. The van der Waals surface area contributed by atoms with E-state index < -0.39 is 10.0 Å². The number of sulfonamides is 1. The number of ether oxygens (including phenoxy) is 1. The third-order valence-electron chi connectivity index (χ3n) is 2.60. The molecule has 1 aromatic carbocycles. The van der Waals surface area contributed by atoms with E-state index in [1.807, 2.05) is 6.92 Å². The van der Waals surface area contributed by atoms with Crippen molar-refractivity contribution in [3.05, 3.63) is 55.0 Å². The molecule has 7 heteroatoms. The Balaban J connectivity index is 2.02. The zero-order chi connectivity index (χ0) is 15.3. The molecule has 21 heavy (non-hydrogen) atoms. The first-order valence-corrected chi connectivity index (χ1v) is 7.74. The minimum Gasteiger partial charge on any atom is -0.494 e. The van der Waals surface area contributed by atoms with Gasteiger partial charge >= 0.3 is 0 Å². The molecule has 1 heterocycles. The molecule has 0 bridgehead atoms. The molecule has 6 nitrogen and oxygen atoms in total. The third kappa shape index (κ3) is 3.87. The second kappa shape index (κ2) is 6.47. The summed E-state index contributed by atoms with van der Waals surface area (Å²) in [6, 6.07) is 9.47. The molecule has 0 aliphatic heterocycles. The molecule has 0 unspecified atom stereocenters. The summed E-state index contributed by atoms with van der Waals surface area (Å²) in [5, 5.41) is 0. The van der Waals surface area contributed by atoms with Crippen molar-refractivity contribution in [3.63, 3.8) is 0 Å². The summed E-state index contributed by atoms with van der Waals surface area (Å²) in [5.74, 6) is 1.06. The molecule has 2 rings (SSSR count). The van der Waals surface area contributed by atoms with Gasteiger partial charge in [-0.3, -0.25) is 0 Å². The standard InChI is InChI=1S/C14H16N2O4S/c1-3-19-12-6-8-13(9-7-12)21(17,18)16-15-11(2)14-5-4-10-20-14/h4-10,15-16H,2-3H2,1H3. The zero-order valence-corrected chi connectivity index (χ0v) is 12.3. The van der Waals surface area contributed by atoms with Gasteiger partial charge in [-0.05, 0) is 43.3 Å². The fourth-order valence-electron chi connectivity index (χ4n) is 1.58. The first kappa shape index (κ1) is 15.1. The van der Waals surface area contributed by atoms with E-state index in [1.165, 1.54) is 18.4 Å². The quantitative estimate of drug-likeness (QED) is 0.766. The Morgan fingerprint density at radius 2 is 2.00 bits per heavy atom. The largest absolute Gasteiger partial charge is 0.494 e. The van der Waals surface area contributed by atoms with E-state index in [1.54, 1.807) is 24.3 Å². The van der Waals surface area contributed by atoms with Crippen molar-refractivity contribution in [1.82, 2.24) is 10.3 Å². The van der Waals surface area contributed by atoms with Crippen LogP contribution in [-0.4, -0.2) is 15.0 Å². The highest BCUT2D eigenvalue weighted by atomic mass is 32.2. The molecule has 0 amide bonds. The van der Waals surface area contributed by atoms with Gasteiger partial charge < -0.3 is 14.6 Å². The molecule has 2 aromatic rings. The Hall–Kier alpha value is -2.25. The first-order chi connectivity index (χ1) is 10.0. The molecule has 0 saturated heterocycles. The van der Waals surface area contributed by atoms with Crippen LogP contribution in [0, 0.1) is 0 Å². The molecular weight excluding hydrogens is 292 g/mol. The monoisotopic (exact) mass is 308 g/mol. The lowest BCUT2D eigenvalue weighted by molar-refractivity contribution is 0.340. The second-order valence-electron chi connectivity index (χ2n) is 4.09. The summed E-state index contributed by atoms with van der Waals surface area (Å²) < 4.78 is 34.5. The molecule has 0 radical (unpaired) electrons. The maximum Gasteiger partial charge on any atom is 0.257 e. The highest BCUT2D eigenvalue weighted by Gasteiger charge is 2.14. The predicted molar refractivity (Wildman–Crippen MR) is 78.8 cm³/mol. The van der Waals surface area contributed by atoms with Gasteiger partial charge in [-0.15, -0.1) is 4.83 Å². The summed E-state index contributed by atoms with van der Waals surface area (Å²) in [6.07, 6.45) is 1.48. The molecule has 0 atom stereocenters. The van der Waals surface area contributed by atoms with Gasteiger partial charge in [0, 0.05) is 0 Å². The Bertz CT molecular complexity index is 691. The first-order valence-electron chi connectivity index (χ1n) is 6.26. The van der Waals surface area contributed by atoms with Crippen LogP contribution in [0.4, 0.5) is 0 Å². The predicted octanol–water partition coefficient (Wildman–Crippen LogP) is 2.13. The molecular formula is C14H16N2O4S. The Labute approximate surface area is 123 Å². The lowest BCUT2D eigenvalue weighted by Crippen LogP contribution is -2.35. The molecule has 112 valence electrons. The van der Waals surface area contributed by atoms with Crippen molar-refractivity contribution in [2.75, 3.05) is 6.61 Å². The summed E-state index contributed by atoms with van der Waals surface area (Å²) in [4.78, 5) is 2.35. The van der Waals surface area contributed by atoms with Crippen LogP contribution in [0.2, 0.25) is 0 Å². The molecule has 0 aliphatic rings. The molecule has 2 N–H and O–H groups in total. The minimum atomic E-state index is -3.70. The van der Waals surface area contributed by atoms with E-state index in [4.69, 9.17) is 9.15 Å². The Morgan fingerprint density at radius 3 is 2.57 bits per heavy atom. The van der Waals surface area contributed by atoms with Crippen LogP contribution in [0.25, 0.3) is 5.70 Å². The van der Waals surface area contributed by atoms with Crippen molar-refractivity contribution in [3.8, 4) is 5.75 Å². The molecule has 0 saturated carbocycles. The van der Waals surface area contributed by atoms with Crippen LogP contribution in [0.15, 0.2) is 58.6 Å². The van der Waals surface area contributed by atoms with Crippen molar-refractivity contribution >= 4 is 15.7 Å². The summed E-state index contributed by atoms with van der Waals surface area (Å²) in [5.41, 5.74) is 2.82. The van der Waals surface area contributed by atoms with Gasteiger partial charge in [-0.2, -0.15) is 0 Å². The molecule has 0 fully saturated rings. The van der Waals surface area contributed by atoms with E-state index in [0.29, 0.717) is 23.8 Å². The number of nitrogens with one attached hydrogen (secondary N) is 2. The van der Waals surface area contributed by atoms with E-state index in [0.717, 1.165) is 0 Å². The number of hydrogen-bond donors (Lipinski definition) is 2. The third-order valence-corrected chi connectivity index (χ3v) is 3.86. The van der Waals surface area contributed by atoms with Gasteiger partial charge in [0.2, 0.25) is 0 Å². The highest BCUT2D eigenvalue weighted by Crippen LogP contribution is 2.16. The summed E-state index contributed by atoms with van der Waals surface area (Å²) >= 11 is 0. The maximum atomic E-state index is 12.1. The van der Waals surface area contributed by atoms with Gasteiger partial charge in [0.1, 0.15) is 11.5 Å². The van der Waals surface area contributed by atoms with Crippen LogP contribution >= 0.6 is 0 Å². The van der Waals surface area contributed by atoms with E-state index in [-0.39, 0.29) is 4.90 Å². The Kier molecular flexibility index (Phi) is 4.66. The van der Waals surface area contributed by atoms with Gasteiger partial charge in [-0.1, -0.05) is 6.58 Å². The van der Waals surface area contributed by atoms with Crippen LogP contribution in [0.5, 0.6) is 5.75 Å². The molecule has 1 aromatic heterocycles. The Morgan fingerprint density at radius 1 is 1.29 bits per heavy atom. The van der Waals surface area contributed by atoms with Crippen LogP contribution < -0.4 is 15.0 Å². The van der Waals surface area contributed by atoms with Crippen molar-refractivity contribution in [1.29, 1.82) is 0 Å². The number of benzene rings is 1. The van der Waals surface area contributed by atoms with Crippen LogP contribution in [0.1, 0.15) is 12.7 Å². The van der Waals surface area contributed by atoms with Gasteiger partial charge in [0.05, 0.1) is 23.5 Å². The van der Waals surface area contributed by atoms with Crippen molar-refractivity contribution in [2.45, 2.75) is 11.8 Å². The second-order valence-corrected chi connectivity index (χ2v) is 5.77. The molecule has 0 aliphatic carbocycles. The average molecular weight is 308 g/mol. The van der Waals surface area contributed by atoms with E-state index >= 15 is 0 Å². The van der Waals surface area contributed by atoms with Crippen molar-refractivity contribution in [2.24, 2.45) is 0 Å². The number of hydrogen-bond acceptors (Lipinski definition) is 5. The number of rotatable bonds is 7. The zero-order valence-electron chi connectivity index (χ0n) is 11.5. The maximum absolute atomic E-state index is 12.1. The lowest BCUT2D eigenvalue weighted by atomic mass is 10.3. The SMILES string of the molecule is C=C(NNS(=O)(=O)c1ccc(OCC)cc1)c1ccco1. The van der Waals surface area contributed by atoms with Gasteiger partial charge in [0.15, 0.2) is 0 Å². The van der Waals surface area contributed by atoms with E-state index in [2.05, 4.69) is 16.8 Å². The summed E-state index contributed by atoms with van der Waals surface area (Å²) in [7, 11) is -3.70. The lowest BCUT2D eigenvalue weighted by Gasteiger charge is -2.10. The van der Waals surface area contributed by atoms with Crippen molar-refractivity contribution < 1.29 is 17.6 Å². The fraction of sp³-hybridized carbons (Fsp3) is 0.143. The van der Waals surface area contributed by atoms with Gasteiger partial charge in [0.25, 0.3) is 10.0 Å². The van der Waals surface area contributed by atoms with Crippen LogP contribution in [-0.2, 0) is 10.0 Å². The topological polar surface area (TPSA) is 80.6 Å². The van der Waals surface area contributed by atoms with Crippen LogP contribution in [0.3, 0.4) is 0 Å².